The Morgan fingerprint density at radius 3 is 2.70 bits per heavy atom. The number of halogens is 1. The molecule has 1 aromatic heterocycles. The third kappa shape index (κ3) is 3.59. The van der Waals surface area contributed by atoms with Crippen LogP contribution in [0.1, 0.15) is 33.6 Å². The van der Waals surface area contributed by atoms with Crippen LogP contribution in [0.5, 0.6) is 0 Å². The third-order valence-electron chi connectivity index (χ3n) is 3.70. The maximum atomic E-state index is 12.2. The predicted octanol–water partition coefficient (Wildman–Crippen LogP) is 3.58. The molecule has 0 aliphatic heterocycles. The second-order valence-corrected chi connectivity index (χ2v) is 9.59. The van der Waals surface area contributed by atoms with Crippen LogP contribution in [0.15, 0.2) is 34.5 Å². The molecule has 1 aromatic carbocycles. The van der Waals surface area contributed by atoms with Crippen LogP contribution >= 0.6 is 22.9 Å². The van der Waals surface area contributed by atoms with E-state index in [1.165, 1.54) is 6.07 Å². The average molecular weight is 370 g/mol. The fourth-order valence-electron chi connectivity index (χ4n) is 2.20. The lowest BCUT2D eigenvalue weighted by molar-refractivity contribution is 0.0955. The van der Waals surface area contributed by atoms with Gasteiger partial charge in [-0.25, -0.2) is 8.42 Å². The Morgan fingerprint density at radius 2 is 2.04 bits per heavy atom. The molecule has 0 spiro atoms. The van der Waals surface area contributed by atoms with E-state index in [9.17, 15) is 13.2 Å². The Balaban J connectivity index is 1.68. The Morgan fingerprint density at radius 1 is 1.30 bits per heavy atom. The van der Waals surface area contributed by atoms with Crippen LogP contribution < -0.4 is 5.32 Å². The Kier molecular flexibility index (Phi) is 4.49. The molecule has 0 radical (unpaired) electrons. The molecule has 23 heavy (non-hydrogen) atoms. The van der Waals surface area contributed by atoms with Gasteiger partial charge in [-0.15, -0.1) is 11.3 Å². The standard InChI is InChI=1S/C16H16ClNO3S2/c1-10-2-3-11(13(17)8-10)9-18-16(19)14-6-7-15(22-14)23(20,21)12-4-5-12/h2-3,6-8,12H,4-5,9H2,1H3,(H,18,19). The van der Waals surface area contributed by atoms with Crippen molar-refractivity contribution in [2.24, 2.45) is 0 Å². The topological polar surface area (TPSA) is 63.2 Å². The maximum Gasteiger partial charge on any atom is 0.261 e. The van der Waals surface area contributed by atoms with E-state index in [0.29, 0.717) is 29.3 Å². The highest BCUT2D eigenvalue weighted by molar-refractivity contribution is 7.94. The van der Waals surface area contributed by atoms with E-state index >= 15 is 0 Å². The van der Waals surface area contributed by atoms with Gasteiger partial charge in [0.2, 0.25) is 0 Å². The number of carbonyl (C=O) groups is 1. The Bertz CT molecular complexity index is 854. The van der Waals surface area contributed by atoms with E-state index in [1.807, 2.05) is 25.1 Å². The summed E-state index contributed by atoms with van der Waals surface area (Å²) in [5.41, 5.74) is 1.88. The number of thiophene rings is 1. The van der Waals surface area contributed by atoms with Gasteiger partial charge in [-0.3, -0.25) is 4.79 Å². The molecule has 4 nitrogen and oxygen atoms in total. The normalized spacial score (nSPS) is 14.7. The summed E-state index contributed by atoms with van der Waals surface area (Å²) in [5, 5.41) is 3.12. The molecule has 1 amide bonds. The molecule has 0 atom stereocenters. The van der Waals surface area contributed by atoms with Crippen LogP contribution in [0.2, 0.25) is 5.02 Å². The molecule has 3 rings (SSSR count). The molecule has 0 bridgehead atoms. The number of carbonyl (C=O) groups excluding carboxylic acids is 1. The van der Waals surface area contributed by atoms with Gasteiger partial charge in [0.05, 0.1) is 10.1 Å². The van der Waals surface area contributed by atoms with Gasteiger partial charge in [0, 0.05) is 11.6 Å². The highest BCUT2D eigenvalue weighted by atomic mass is 35.5. The van der Waals surface area contributed by atoms with Gasteiger partial charge in [0.15, 0.2) is 9.84 Å². The van der Waals surface area contributed by atoms with Crippen LogP contribution in [-0.4, -0.2) is 19.6 Å². The zero-order chi connectivity index (χ0) is 16.6. The van der Waals surface area contributed by atoms with Crippen LogP contribution in [0.4, 0.5) is 0 Å². The Labute approximate surface area is 144 Å². The largest absolute Gasteiger partial charge is 0.347 e. The number of sulfone groups is 1. The number of amides is 1. The lowest BCUT2D eigenvalue weighted by atomic mass is 10.1. The minimum absolute atomic E-state index is 0.261. The van der Waals surface area contributed by atoms with E-state index in [4.69, 9.17) is 11.6 Å². The summed E-state index contributed by atoms with van der Waals surface area (Å²) >= 11 is 7.16. The van der Waals surface area contributed by atoms with Gasteiger partial charge >= 0.3 is 0 Å². The first-order chi connectivity index (χ1) is 10.9. The lowest BCUT2D eigenvalue weighted by Gasteiger charge is -2.06. The van der Waals surface area contributed by atoms with Crippen molar-refractivity contribution in [3.05, 3.63) is 51.4 Å². The SMILES string of the molecule is Cc1ccc(CNC(=O)c2ccc(S(=O)(=O)C3CC3)s2)c(Cl)c1. The van der Waals surface area contributed by atoms with Gasteiger partial charge in [-0.1, -0.05) is 23.7 Å². The van der Waals surface area contributed by atoms with E-state index in [1.54, 1.807) is 6.07 Å². The fraction of sp³-hybridized carbons (Fsp3) is 0.312. The van der Waals surface area contributed by atoms with Crippen molar-refractivity contribution in [3.8, 4) is 0 Å². The number of rotatable bonds is 5. The molecular formula is C16H16ClNO3S2. The van der Waals surface area contributed by atoms with Crippen molar-refractivity contribution in [3.63, 3.8) is 0 Å². The molecule has 122 valence electrons. The predicted molar refractivity (Wildman–Crippen MR) is 91.9 cm³/mol. The summed E-state index contributed by atoms with van der Waals surface area (Å²) in [7, 11) is -3.24. The average Bonchev–Trinajstić information content (AvgIpc) is 3.24. The summed E-state index contributed by atoms with van der Waals surface area (Å²) in [5.74, 6) is -0.288. The number of hydrogen-bond donors (Lipinski definition) is 1. The highest BCUT2D eigenvalue weighted by Gasteiger charge is 2.38. The molecule has 1 aliphatic carbocycles. The molecule has 2 aromatic rings. The van der Waals surface area contributed by atoms with Crippen molar-refractivity contribution >= 4 is 38.7 Å². The van der Waals surface area contributed by atoms with E-state index < -0.39 is 9.84 Å². The summed E-state index contributed by atoms with van der Waals surface area (Å²) in [6, 6.07) is 8.72. The monoisotopic (exact) mass is 369 g/mol. The molecule has 1 fully saturated rings. The zero-order valence-corrected chi connectivity index (χ0v) is 14.9. The van der Waals surface area contributed by atoms with Gasteiger partial charge < -0.3 is 5.32 Å². The molecule has 1 aliphatic rings. The number of hydrogen-bond acceptors (Lipinski definition) is 4. The summed E-state index contributed by atoms with van der Waals surface area (Å²) in [4.78, 5) is 12.6. The van der Waals surface area contributed by atoms with Crippen molar-refractivity contribution < 1.29 is 13.2 Å². The minimum Gasteiger partial charge on any atom is -0.347 e. The molecular weight excluding hydrogens is 354 g/mol. The van der Waals surface area contributed by atoms with Crippen LogP contribution in [0, 0.1) is 6.92 Å². The third-order valence-corrected chi connectivity index (χ3v) is 7.92. The smallest absolute Gasteiger partial charge is 0.261 e. The van der Waals surface area contributed by atoms with Crippen LogP contribution in [0.3, 0.4) is 0 Å². The first kappa shape index (κ1) is 16.5. The van der Waals surface area contributed by atoms with Gasteiger partial charge in [-0.05, 0) is 49.1 Å². The maximum absolute atomic E-state index is 12.2. The highest BCUT2D eigenvalue weighted by Crippen LogP contribution is 2.36. The molecule has 1 N–H and O–H groups in total. The first-order valence-corrected chi connectivity index (χ1v) is 9.99. The number of aryl methyl sites for hydroxylation is 1. The van der Waals surface area contributed by atoms with E-state index in [-0.39, 0.29) is 15.4 Å². The lowest BCUT2D eigenvalue weighted by Crippen LogP contribution is -2.21. The van der Waals surface area contributed by atoms with Crippen molar-refractivity contribution in [2.45, 2.75) is 35.8 Å². The van der Waals surface area contributed by atoms with Crippen molar-refractivity contribution in [2.75, 3.05) is 0 Å². The van der Waals surface area contributed by atoms with Gasteiger partial charge in [0.25, 0.3) is 5.91 Å². The molecule has 0 saturated heterocycles. The van der Waals surface area contributed by atoms with Crippen molar-refractivity contribution in [1.29, 1.82) is 0 Å². The van der Waals surface area contributed by atoms with Crippen LogP contribution in [-0.2, 0) is 16.4 Å². The second-order valence-electron chi connectivity index (χ2n) is 5.64. The zero-order valence-electron chi connectivity index (χ0n) is 12.5. The fourth-order valence-corrected chi connectivity index (χ4v) is 5.64. The molecule has 1 saturated carbocycles. The van der Waals surface area contributed by atoms with E-state index in [2.05, 4.69) is 5.32 Å². The summed E-state index contributed by atoms with van der Waals surface area (Å²) in [6.45, 7) is 2.25. The molecule has 7 heteroatoms. The Hall–Kier alpha value is -1.37. The number of benzene rings is 1. The number of nitrogens with one attached hydrogen (secondary N) is 1. The summed E-state index contributed by atoms with van der Waals surface area (Å²) in [6.07, 6.45) is 1.43. The van der Waals surface area contributed by atoms with Crippen molar-refractivity contribution in [1.82, 2.24) is 5.32 Å². The molecule has 0 unspecified atom stereocenters. The quantitative estimate of drug-likeness (QED) is 0.876. The van der Waals surface area contributed by atoms with Crippen LogP contribution in [0.25, 0.3) is 0 Å². The molecule has 1 heterocycles. The first-order valence-electron chi connectivity index (χ1n) is 7.25. The minimum atomic E-state index is -3.24. The second kappa shape index (κ2) is 6.26. The van der Waals surface area contributed by atoms with E-state index in [0.717, 1.165) is 22.5 Å². The summed E-state index contributed by atoms with van der Waals surface area (Å²) < 4.78 is 24.6. The van der Waals surface area contributed by atoms with Gasteiger partial charge in [0.1, 0.15) is 4.21 Å². The van der Waals surface area contributed by atoms with Gasteiger partial charge in [-0.2, -0.15) is 0 Å².